The molecule has 0 bridgehead atoms. The van der Waals surface area contributed by atoms with Gasteiger partial charge >= 0.3 is 0 Å². The summed E-state index contributed by atoms with van der Waals surface area (Å²) in [5.74, 6) is 0.582. The third kappa shape index (κ3) is 4.04. The first-order chi connectivity index (χ1) is 12.8. The fourth-order valence-electron chi connectivity index (χ4n) is 4.46. The minimum atomic E-state index is 0.0357. The van der Waals surface area contributed by atoms with Gasteiger partial charge in [0.25, 0.3) is 5.56 Å². The van der Waals surface area contributed by atoms with Crippen LogP contribution in [0, 0.1) is 5.92 Å². The van der Waals surface area contributed by atoms with Crippen molar-refractivity contribution in [2.45, 2.75) is 57.5 Å². The highest BCUT2D eigenvalue weighted by Gasteiger charge is 2.26. The standard InChI is InChI=1S/C21H28N4O/c26-21-13-20(18-5-4-10-22-14-18)23-16-25(21)15-17-8-11-24(12-9-17)19-6-2-1-3-7-19/h4-5,10,13-14,16-17,19H,1-3,6-9,11-12,15H2. The molecule has 5 heteroatoms. The fourth-order valence-corrected chi connectivity index (χ4v) is 4.46. The molecule has 0 unspecified atom stereocenters. The first kappa shape index (κ1) is 17.4. The molecule has 3 heterocycles. The molecule has 0 radical (unpaired) electrons. The highest BCUT2D eigenvalue weighted by atomic mass is 16.1. The van der Waals surface area contributed by atoms with Gasteiger partial charge in [0.05, 0.1) is 12.0 Å². The first-order valence-electron chi connectivity index (χ1n) is 10.0. The van der Waals surface area contributed by atoms with Gasteiger partial charge < -0.3 is 4.90 Å². The molecule has 0 spiro atoms. The Morgan fingerprint density at radius 3 is 2.58 bits per heavy atom. The number of aromatic nitrogens is 3. The molecule has 2 aliphatic rings. The Balaban J connectivity index is 1.35. The summed E-state index contributed by atoms with van der Waals surface area (Å²) in [5, 5.41) is 0. The van der Waals surface area contributed by atoms with Crippen LogP contribution < -0.4 is 5.56 Å². The summed E-state index contributed by atoms with van der Waals surface area (Å²) >= 11 is 0. The van der Waals surface area contributed by atoms with Crippen molar-refractivity contribution in [3.8, 4) is 11.3 Å². The third-order valence-electron chi connectivity index (χ3n) is 6.03. The maximum absolute atomic E-state index is 12.5. The van der Waals surface area contributed by atoms with Gasteiger partial charge in [-0.15, -0.1) is 0 Å². The van der Waals surface area contributed by atoms with Crippen molar-refractivity contribution in [3.05, 3.63) is 47.3 Å². The lowest BCUT2D eigenvalue weighted by Gasteiger charge is -2.39. The molecule has 5 nitrogen and oxygen atoms in total. The van der Waals surface area contributed by atoms with Gasteiger partial charge in [0.1, 0.15) is 0 Å². The lowest BCUT2D eigenvalue weighted by atomic mass is 9.90. The molecule has 2 aromatic rings. The summed E-state index contributed by atoms with van der Waals surface area (Å²) < 4.78 is 1.78. The van der Waals surface area contributed by atoms with E-state index in [0.29, 0.717) is 11.6 Å². The zero-order chi connectivity index (χ0) is 17.8. The van der Waals surface area contributed by atoms with Gasteiger partial charge in [-0.1, -0.05) is 19.3 Å². The zero-order valence-electron chi connectivity index (χ0n) is 15.4. The van der Waals surface area contributed by atoms with Crippen LogP contribution in [0.4, 0.5) is 0 Å². The molecule has 138 valence electrons. The van der Waals surface area contributed by atoms with Gasteiger partial charge in [0, 0.05) is 36.6 Å². The number of pyridine rings is 1. The van der Waals surface area contributed by atoms with Gasteiger partial charge in [0.2, 0.25) is 0 Å². The van der Waals surface area contributed by atoms with E-state index in [0.717, 1.165) is 18.2 Å². The summed E-state index contributed by atoms with van der Waals surface area (Å²) in [4.78, 5) is 23.8. The largest absolute Gasteiger partial charge is 0.300 e. The van der Waals surface area contributed by atoms with Crippen molar-refractivity contribution < 1.29 is 0 Å². The second kappa shape index (κ2) is 8.12. The van der Waals surface area contributed by atoms with Crippen LogP contribution in [0.1, 0.15) is 44.9 Å². The quantitative estimate of drug-likeness (QED) is 0.847. The molecule has 4 rings (SSSR count). The maximum Gasteiger partial charge on any atom is 0.253 e. The van der Waals surface area contributed by atoms with Crippen molar-refractivity contribution in [3.63, 3.8) is 0 Å². The van der Waals surface area contributed by atoms with Gasteiger partial charge in [0.15, 0.2) is 0 Å². The first-order valence-corrected chi connectivity index (χ1v) is 10.0. The molecule has 2 aromatic heterocycles. The number of hydrogen-bond acceptors (Lipinski definition) is 4. The van der Waals surface area contributed by atoms with Crippen LogP contribution >= 0.6 is 0 Å². The molecule has 1 aliphatic carbocycles. The van der Waals surface area contributed by atoms with Gasteiger partial charge in [-0.25, -0.2) is 4.98 Å². The summed E-state index contributed by atoms with van der Waals surface area (Å²) in [5.41, 5.74) is 1.62. The van der Waals surface area contributed by atoms with Crippen molar-refractivity contribution in [2.75, 3.05) is 13.1 Å². The molecule has 1 saturated carbocycles. The van der Waals surface area contributed by atoms with E-state index in [2.05, 4.69) is 14.9 Å². The number of hydrogen-bond donors (Lipinski definition) is 0. The van der Waals surface area contributed by atoms with Crippen LogP contribution in [-0.4, -0.2) is 38.6 Å². The maximum atomic E-state index is 12.5. The Kier molecular flexibility index (Phi) is 5.44. The van der Waals surface area contributed by atoms with Crippen LogP contribution in [-0.2, 0) is 6.54 Å². The minimum absolute atomic E-state index is 0.0357. The van der Waals surface area contributed by atoms with E-state index in [1.807, 2.05) is 12.1 Å². The Morgan fingerprint density at radius 2 is 1.88 bits per heavy atom. The van der Waals surface area contributed by atoms with Crippen molar-refractivity contribution in [2.24, 2.45) is 5.92 Å². The van der Waals surface area contributed by atoms with Gasteiger partial charge in [-0.3, -0.25) is 14.3 Å². The highest BCUT2D eigenvalue weighted by Crippen LogP contribution is 2.27. The molecule has 0 amide bonds. The lowest BCUT2D eigenvalue weighted by Crippen LogP contribution is -2.43. The Labute approximate surface area is 155 Å². The highest BCUT2D eigenvalue weighted by molar-refractivity contribution is 5.56. The molecule has 1 aliphatic heterocycles. The molecule has 26 heavy (non-hydrogen) atoms. The molecule has 2 fully saturated rings. The summed E-state index contributed by atoms with van der Waals surface area (Å²) in [6.45, 7) is 3.16. The molecule has 0 aromatic carbocycles. The number of nitrogens with zero attached hydrogens (tertiary/aromatic N) is 4. The van der Waals surface area contributed by atoms with Gasteiger partial charge in [-0.05, 0) is 56.8 Å². The third-order valence-corrected chi connectivity index (χ3v) is 6.03. The number of rotatable bonds is 4. The van der Waals surface area contributed by atoms with Crippen LogP contribution in [0.15, 0.2) is 41.7 Å². The van der Waals surface area contributed by atoms with E-state index in [-0.39, 0.29) is 5.56 Å². The molecular formula is C21H28N4O. The van der Waals surface area contributed by atoms with E-state index >= 15 is 0 Å². The average molecular weight is 352 g/mol. The summed E-state index contributed by atoms with van der Waals surface area (Å²) in [6.07, 6.45) is 14.5. The monoisotopic (exact) mass is 352 g/mol. The van der Waals surface area contributed by atoms with Crippen LogP contribution in [0.2, 0.25) is 0 Å². The summed E-state index contributed by atoms with van der Waals surface area (Å²) in [6, 6.07) is 6.24. The number of piperidine rings is 1. The van der Waals surface area contributed by atoms with Crippen LogP contribution in [0.5, 0.6) is 0 Å². The predicted octanol–water partition coefficient (Wildman–Crippen LogP) is 3.35. The second-order valence-electron chi connectivity index (χ2n) is 7.78. The fraction of sp³-hybridized carbons (Fsp3) is 0.571. The van der Waals surface area contributed by atoms with E-state index in [9.17, 15) is 4.79 Å². The Morgan fingerprint density at radius 1 is 1.08 bits per heavy atom. The smallest absolute Gasteiger partial charge is 0.253 e. The minimum Gasteiger partial charge on any atom is -0.300 e. The zero-order valence-corrected chi connectivity index (χ0v) is 15.4. The van der Waals surface area contributed by atoms with E-state index in [4.69, 9.17) is 0 Å². The van der Waals surface area contributed by atoms with Crippen LogP contribution in [0.3, 0.4) is 0 Å². The molecule has 1 saturated heterocycles. The topological polar surface area (TPSA) is 51.0 Å². The molecule has 0 atom stereocenters. The SMILES string of the molecule is O=c1cc(-c2cccnc2)ncn1CC1CCN(C2CCCCC2)CC1. The summed E-state index contributed by atoms with van der Waals surface area (Å²) in [7, 11) is 0. The van der Waals surface area contributed by atoms with Gasteiger partial charge in [-0.2, -0.15) is 0 Å². The van der Waals surface area contributed by atoms with Crippen molar-refractivity contribution in [1.82, 2.24) is 19.4 Å². The van der Waals surface area contributed by atoms with E-state index in [1.165, 1.54) is 58.0 Å². The average Bonchev–Trinajstić information content (AvgIpc) is 2.71. The predicted molar refractivity (Wildman–Crippen MR) is 103 cm³/mol. The Hall–Kier alpha value is -2.01. The Bertz CT molecular complexity index is 759. The number of likely N-dealkylation sites (tertiary alicyclic amines) is 1. The van der Waals surface area contributed by atoms with Crippen molar-refractivity contribution >= 4 is 0 Å². The molecule has 0 N–H and O–H groups in total. The second-order valence-corrected chi connectivity index (χ2v) is 7.78. The van der Waals surface area contributed by atoms with Crippen molar-refractivity contribution in [1.29, 1.82) is 0 Å². The van der Waals surface area contributed by atoms with E-state index in [1.54, 1.807) is 29.4 Å². The molecular weight excluding hydrogens is 324 g/mol. The lowest BCUT2D eigenvalue weighted by molar-refractivity contribution is 0.101. The van der Waals surface area contributed by atoms with Crippen LogP contribution in [0.25, 0.3) is 11.3 Å². The van der Waals surface area contributed by atoms with E-state index < -0.39 is 0 Å². The normalized spacial score (nSPS) is 20.3.